The van der Waals surface area contributed by atoms with Crippen molar-refractivity contribution in [1.29, 1.82) is 0 Å². The summed E-state index contributed by atoms with van der Waals surface area (Å²) in [6.45, 7) is 7.45. The number of amides is 2. The summed E-state index contributed by atoms with van der Waals surface area (Å²) in [5.74, 6) is -1.92. The second-order valence-electron chi connectivity index (χ2n) is 6.58. The van der Waals surface area contributed by atoms with E-state index in [-0.39, 0.29) is 30.8 Å². The first-order valence-corrected chi connectivity index (χ1v) is 8.11. The van der Waals surface area contributed by atoms with Crippen molar-refractivity contribution < 1.29 is 19.5 Å². The number of carbonyl (C=O) groups excluding carboxylic acids is 2. The van der Waals surface area contributed by atoms with Gasteiger partial charge in [-0.05, 0) is 44.9 Å². The van der Waals surface area contributed by atoms with Crippen LogP contribution in [0.5, 0.6) is 0 Å². The van der Waals surface area contributed by atoms with E-state index in [1.54, 1.807) is 18.7 Å². The van der Waals surface area contributed by atoms with Crippen LogP contribution >= 0.6 is 0 Å². The summed E-state index contributed by atoms with van der Waals surface area (Å²) in [5.41, 5.74) is 2.93. The number of anilines is 1. The zero-order valence-electron chi connectivity index (χ0n) is 14.6. The number of carboxylic acids is 1. The van der Waals surface area contributed by atoms with Gasteiger partial charge >= 0.3 is 5.97 Å². The third kappa shape index (κ3) is 3.58. The van der Waals surface area contributed by atoms with Crippen molar-refractivity contribution in [2.24, 2.45) is 5.92 Å². The Kier molecular flexibility index (Phi) is 5.26. The molecule has 1 unspecified atom stereocenters. The van der Waals surface area contributed by atoms with Gasteiger partial charge in [-0.15, -0.1) is 0 Å². The zero-order chi connectivity index (χ0) is 18.0. The van der Waals surface area contributed by atoms with Crippen molar-refractivity contribution in [3.05, 3.63) is 29.3 Å². The minimum Gasteiger partial charge on any atom is -0.480 e. The minimum atomic E-state index is -1.05. The Balaban J connectivity index is 2.21. The molecule has 1 N–H and O–H groups in total. The van der Waals surface area contributed by atoms with E-state index >= 15 is 0 Å². The molecule has 1 aliphatic heterocycles. The van der Waals surface area contributed by atoms with Gasteiger partial charge in [0.15, 0.2) is 0 Å². The molecule has 1 heterocycles. The Labute approximate surface area is 142 Å². The maximum absolute atomic E-state index is 12.7. The highest BCUT2D eigenvalue weighted by molar-refractivity contribution is 6.01. The average Bonchev–Trinajstić information content (AvgIpc) is 2.88. The van der Waals surface area contributed by atoms with E-state index in [0.717, 1.165) is 16.8 Å². The lowest BCUT2D eigenvalue weighted by Crippen LogP contribution is -2.44. The van der Waals surface area contributed by atoms with E-state index in [4.69, 9.17) is 5.11 Å². The van der Waals surface area contributed by atoms with Crippen LogP contribution in [0.1, 0.15) is 31.4 Å². The van der Waals surface area contributed by atoms with Crippen LogP contribution in [-0.2, 0) is 14.4 Å². The van der Waals surface area contributed by atoms with Crippen LogP contribution in [0.25, 0.3) is 0 Å². The average molecular weight is 332 g/mol. The van der Waals surface area contributed by atoms with Gasteiger partial charge in [-0.1, -0.05) is 12.1 Å². The number of carboxylic acid groups (broad SMARTS) is 1. The standard InChI is InChI=1S/C18H24N2O4/c1-11(2)19(10-17(22)23)18(24)14-8-16(21)20(9-14)15-7-5-6-12(3)13(15)4/h5-7,11,14H,8-10H2,1-4H3,(H,22,23). The molecule has 24 heavy (non-hydrogen) atoms. The number of aliphatic carboxylic acids is 1. The van der Waals surface area contributed by atoms with Crippen molar-refractivity contribution in [2.75, 3.05) is 18.0 Å². The van der Waals surface area contributed by atoms with Crippen LogP contribution in [-0.4, -0.2) is 46.9 Å². The van der Waals surface area contributed by atoms with Gasteiger partial charge in [0, 0.05) is 24.7 Å². The van der Waals surface area contributed by atoms with Crippen LogP contribution in [0.4, 0.5) is 5.69 Å². The molecule has 0 saturated carbocycles. The molecule has 1 saturated heterocycles. The number of benzene rings is 1. The minimum absolute atomic E-state index is 0.0962. The summed E-state index contributed by atoms with van der Waals surface area (Å²) >= 11 is 0. The largest absolute Gasteiger partial charge is 0.480 e. The Bertz CT molecular complexity index is 669. The third-order valence-corrected chi connectivity index (χ3v) is 4.55. The summed E-state index contributed by atoms with van der Waals surface area (Å²) in [7, 11) is 0. The molecule has 0 bridgehead atoms. The van der Waals surface area contributed by atoms with Gasteiger partial charge in [0.2, 0.25) is 11.8 Å². The predicted octanol–water partition coefficient (Wildman–Crippen LogP) is 1.98. The van der Waals surface area contributed by atoms with E-state index in [2.05, 4.69) is 0 Å². The first-order valence-electron chi connectivity index (χ1n) is 8.11. The summed E-state index contributed by atoms with van der Waals surface area (Å²) in [6, 6.07) is 5.53. The molecule has 6 heteroatoms. The molecule has 1 atom stereocenters. The van der Waals surface area contributed by atoms with E-state index in [0.29, 0.717) is 6.54 Å². The van der Waals surface area contributed by atoms with Crippen molar-refractivity contribution in [1.82, 2.24) is 4.90 Å². The molecule has 6 nitrogen and oxygen atoms in total. The van der Waals surface area contributed by atoms with Crippen molar-refractivity contribution >= 4 is 23.5 Å². The van der Waals surface area contributed by atoms with E-state index in [1.165, 1.54) is 4.90 Å². The van der Waals surface area contributed by atoms with Crippen LogP contribution < -0.4 is 4.90 Å². The Hall–Kier alpha value is -2.37. The quantitative estimate of drug-likeness (QED) is 0.894. The van der Waals surface area contributed by atoms with E-state index in [9.17, 15) is 14.4 Å². The zero-order valence-corrected chi connectivity index (χ0v) is 14.6. The number of hydrogen-bond acceptors (Lipinski definition) is 3. The molecular formula is C18H24N2O4. The molecule has 0 spiro atoms. The van der Waals surface area contributed by atoms with E-state index < -0.39 is 11.9 Å². The summed E-state index contributed by atoms with van der Waals surface area (Å²) in [6.07, 6.45) is 0.120. The molecule has 1 fully saturated rings. The predicted molar refractivity (Wildman–Crippen MR) is 90.9 cm³/mol. The van der Waals surface area contributed by atoms with Crippen LogP contribution in [0.15, 0.2) is 18.2 Å². The Morgan fingerprint density at radius 3 is 2.58 bits per heavy atom. The van der Waals surface area contributed by atoms with Gasteiger partial charge in [-0.25, -0.2) is 0 Å². The van der Waals surface area contributed by atoms with Crippen molar-refractivity contribution in [2.45, 2.75) is 40.2 Å². The van der Waals surface area contributed by atoms with Crippen LogP contribution in [0.2, 0.25) is 0 Å². The lowest BCUT2D eigenvalue weighted by atomic mass is 10.1. The molecule has 1 aromatic rings. The molecule has 2 amide bonds. The maximum atomic E-state index is 12.7. The fraction of sp³-hybridized carbons (Fsp3) is 0.500. The molecule has 0 aromatic heterocycles. The van der Waals surface area contributed by atoms with Gasteiger partial charge in [-0.3, -0.25) is 14.4 Å². The molecular weight excluding hydrogens is 308 g/mol. The fourth-order valence-electron chi connectivity index (χ4n) is 3.03. The van der Waals surface area contributed by atoms with Gasteiger partial charge in [0.25, 0.3) is 0 Å². The molecule has 0 aliphatic carbocycles. The number of hydrogen-bond donors (Lipinski definition) is 1. The van der Waals surface area contributed by atoms with Crippen LogP contribution in [0.3, 0.4) is 0 Å². The summed E-state index contributed by atoms with van der Waals surface area (Å²) in [4.78, 5) is 39.1. The highest BCUT2D eigenvalue weighted by Crippen LogP contribution is 2.30. The van der Waals surface area contributed by atoms with Crippen molar-refractivity contribution in [3.8, 4) is 0 Å². The van der Waals surface area contributed by atoms with Gasteiger partial charge in [0.1, 0.15) is 6.54 Å². The molecule has 130 valence electrons. The fourth-order valence-corrected chi connectivity index (χ4v) is 3.03. The SMILES string of the molecule is Cc1cccc(N2CC(C(=O)N(CC(=O)O)C(C)C)CC2=O)c1C. The van der Waals surface area contributed by atoms with Crippen LogP contribution in [0, 0.1) is 19.8 Å². The summed E-state index contributed by atoms with van der Waals surface area (Å²) < 4.78 is 0. The Morgan fingerprint density at radius 1 is 1.33 bits per heavy atom. The lowest BCUT2D eigenvalue weighted by molar-refractivity contribution is -0.147. The first kappa shape index (κ1) is 18.0. The van der Waals surface area contributed by atoms with Gasteiger partial charge in [0.05, 0.1) is 5.92 Å². The van der Waals surface area contributed by atoms with Crippen molar-refractivity contribution in [3.63, 3.8) is 0 Å². The molecule has 2 rings (SSSR count). The molecule has 1 aromatic carbocycles. The third-order valence-electron chi connectivity index (χ3n) is 4.55. The lowest BCUT2D eigenvalue weighted by Gasteiger charge is -2.27. The molecule has 1 aliphatic rings. The Morgan fingerprint density at radius 2 is 2.00 bits per heavy atom. The van der Waals surface area contributed by atoms with Gasteiger partial charge < -0.3 is 14.9 Å². The number of aryl methyl sites for hydroxylation is 1. The van der Waals surface area contributed by atoms with Gasteiger partial charge in [-0.2, -0.15) is 0 Å². The highest BCUT2D eigenvalue weighted by Gasteiger charge is 2.38. The topological polar surface area (TPSA) is 77.9 Å². The normalized spacial score (nSPS) is 17.5. The maximum Gasteiger partial charge on any atom is 0.323 e. The van der Waals surface area contributed by atoms with E-state index in [1.807, 2.05) is 32.0 Å². The number of nitrogens with zero attached hydrogens (tertiary/aromatic N) is 2. The number of carbonyl (C=O) groups is 3. The second-order valence-corrected chi connectivity index (χ2v) is 6.58. The second kappa shape index (κ2) is 7.03. The summed E-state index contributed by atoms with van der Waals surface area (Å²) in [5, 5.41) is 9.00. The monoisotopic (exact) mass is 332 g/mol. The number of rotatable bonds is 5. The molecule has 0 radical (unpaired) electrons. The highest BCUT2D eigenvalue weighted by atomic mass is 16.4. The first-order chi connectivity index (χ1) is 11.2. The smallest absolute Gasteiger partial charge is 0.323 e.